The third-order valence-corrected chi connectivity index (χ3v) is 4.72. The van der Waals surface area contributed by atoms with Crippen LogP contribution in [0.5, 0.6) is 0 Å². The SMILES string of the molecule is Cn1ncc(C(=O)N2CCCC(C)(C(=O)O)C2)c1-c1ccccc1. The van der Waals surface area contributed by atoms with Gasteiger partial charge >= 0.3 is 5.97 Å². The first-order chi connectivity index (χ1) is 11.4. The fraction of sp³-hybridized carbons (Fsp3) is 0.389. The molecule has 6 nitrogen and oxygen atoms in total. The Morgan fingerprint density at radius 3 is 2.62 bits per heavy atom. The van der Waals surface area contributed by atoms with Gasteiger partial charge in [-0.15, -0.1) is 0 Å². The maximum absolute atomic E-state index is 13.0. The van der Waals surface area contributed by atoms with E-state index in [-0.39, 0.29) is 12.5 Å². The Kier molecular flexibility index (Phi) is 4.13. The van der Waals surface area contributed by atoms with Crippen LogP contribution >= 0.6 is 0 Å². The molecule has 24 heavy (non-hydrogen) atoms. The molecule has 2 aromatic rings. The Morgan fingerprint density at radius 1 is 1.25 bits per heavy atom. The van der Waals surface area contributed by atoms with Gasteiger partial charge < -0.3 is 10.0 Å². The van der Waals surface area contributed by atoms with E-state index in [1.54, 1.807) is 29.7 Å². The summed E-state index contributed by atoms with van der Waals surface area (Å²) in [6, 6.07) is 9.62. The molecule has 1 fully saturated rings. The summed E-state index contributed by atoms with van der Waals surface area (Å²) in [6.45, 7) is 2.51. The highest BCUT2D eigenvalue weighted by Crippen LogP contribution is 2.32. The molecule has 6 heteroatoms. The molecule has 126 valence electrons. The molecule has 3 rings (SSSR count). The molecule has 0 radical (unpaired) electrons. The van der Waals surface area contributed by atoms with Crippen LogP contribution in [0.1, 0.15) is 30.1 Å². The van der Waals surface area contributed by atoms with Gasteiger partial charge in [0.05, 0.1) is 22.9 Å². The number of amides is 1. The highest BCUT2D eigenvalue weighted by atomic mass is 16.4. The molecule has 1 N–H and O–H groups in total. The quantitative estimate of drug-likeness (QED) is 0.939. The van der Waals surface area contributed by atoms with Gasteiger partial charge in [-0.05, 0) is 19.8 Å². The maximum Gasteiger partial charge on any atom is 0.311 e. The van der Waals surface area contributed by atoms with Gasteiger partial charge in [-0.3, -0.25) is 14.3 Å². The summed E-state index contributed by atoms with van der Waals surface area (Å²) in [6.07, 6.45) is 2.84. The molecule has 1 unspecified atom stereocenters. The molecule has 1 saturated heterocycles. The van der Waals surface area contributed by atoms with Gasteiger partial charge in [0.2, 0.25) is 0 Å². The van der Waals surface area contributed by atoms with E-state index in [4.69, 9.17) is 0 Å². The highest BCUT2D eigenvalue weighted by molar-refractivity contribution is 6.00. The van der Waals surface area contributed by atoms with Crippen molar-refractivity contribution in [1.29, 1.82) is 0 Å². The van der Waals surface area contributed by atoms with Crippen molar-refractivity contribution in [2.45, 2.75) is 19.8 Å². The number of piperidine rings is 1. The average molecular weight is 327 g/mol. The fourth-order valence-corrected chi connectivity index (χ4v) is 3.29. The number of carbonyl (C=O) groups excluding carboxylic acids is 1. The van der Waals surface area contributed by atoms with Crippen molar-refractivity contribution in [3.05, 3.63) is 42.1 Å². The van der Waals surface area contributed by atoms with Crippen LogP contribution in [0.25, 0.3) is 11.3 Å². The molecule has 1 aliphatic heterocycles. The van der Waals surface area contributed by atoms with E-state index < -0.39 is 11.4 Å². The number of carboxylic acids is 1. The van der Waals surface area contributed by atoms with Gasteiger partial charge in [-0.25, -0.2) is 0 Å². The lowest BCUT2D eigenvalue weighted by molar-refractivity contribution is -0.150. The monoisotopic (exact) mass is 327 g/mol. The number of aliphatic carboxylic acids is 1. The van der Waals surface area contributed by atoms with Crippen molar-refractivity contribution in [2.24, 2.45) is 12.5 Å². The lowest BCUT2D eigenvalue weighted by Gasteiger charge is -2.37. The zero-order valence-electron chi connectivity index (χ0n) is 13.9. The number of carboxylic acid groups (broad SMARTS) is 1. The van der Waals surface area contributed by atoms with E-state index in [1.807, 2.05) is 30.3 Å². The average Bonchev–Trinajstić information content (AvgIpc) is 2.96. The molecular weight excluding hydrogens is 306 g/mol. The predicted octanol–water partition coefficient (Wildman–Crippen LogP) is 2.41. The summed E-state index contributed by atoms with van der Waals surface area (Å²) >= 11 is 0. The minimum absolute atomic E-state index is 0.158. The van der Waals surface area contributed by atoms with Crippen molar-refractivity contribution >= 4 is 11.9 Å². The molecule has 1 aliphatic rings. The van der Waals surface area contributed by atoms with E-state index in [9.17, 15) is 14.7 Å². The number of rotatable bonds is 3. The molecule has 0 bridgehead atoms. The topological polar surface area (TPSA) is 75.4 Å². The van der Waals surface area contributed by atoms with Crippen molar-refractivity contribution in [3.8, 4) is 11.3 Å². The summed E-state index contributed by atoms with van der Waals surface area (Å²) in [5, 5.41) is 13.7. The zero-order chi connectivity index (χ0) is 17.3. The molecule has 0 aliphatic carbocycles. The van der Waals surface area contributed by atoms with Crippen LogP contribution in [0.2, 0.25) is 0 Å². The minimum Gasteiger partial charge on any atom is -0.481 e. The molecule has 0 saturated carbocycles. The summed E-state index contributed by atoms with van der Waals surface area (Å²) in [5.41, 5.74) is 1.30. The smallest absolute Gasteiger partial charge is 0.311 e. The normalized spacial score (nSPS) is 20.8. The number of aryl methyl sites for hydroxylation is 1. The van der Waals surface area contributed by atoms with E-state index in [0.29, 0.717) is 24.9 Å². The third-order valence-electron chi connectivity index (χ3n) is 4.72. The molecule has 1 aromatic heterocycles. The lowest BCUT2D eigenvalue weighted by Crippen LogP contribution is -2.48. The van der Waals surface area contributed by atoms with E-state index >= 15 is 0 Å². The fourth-order valence-electron chi connectivity index (χ4n) is 3.29. The van der Waals surface area contributed by atoms with Crippen LogP contribution in [-0.4, -0.2) is 44.8 Å². The predicted molar refractivity (Wildman–Crippen MR) is 89.5 cm³/mol. The number of carbonyl (C=O) groups is 2. The summed E-state index contributed by atoms with van der Waals surface area (Å²) < 4.78 is 1.68. The second-order valence-electron chi connectivity index (χ2n) is 6.59. The van der Waals surface area contributed by atoms with Gasteiger partial charge in [-0.1, -0.05) is 30.3 Å². The number of benzene rings is 1. The molecule has 1 amide bonds. The van der Waals surface area contributed by atoms with Gasteiger partial charge in [-0.2, -0.15) is 5.10 Å². The second-order valence-corrected chi connectivity index (χ2v) is 6.59. The van der Waals surface area contributed by atoms with Crippen LogP contribution in [0.4, 0.5) is 0 Å². The summed E-state index contributed by atoms with van der Waals surface area (Å²) in [7, 11) is 1.80. The molecule has 1 aromatic carbocycles. The molecule has 0 spiro atoms. The lowest BCUT2D eigenvalue weighted by atomic mass is 9.82. The number of nitrogens with zero attached hydrogens (tertiary/aromatic N) is 3. The van der Waals surface area contributed by atoms with Crippen molar-refractivity contribution in [2.75, 3.05) is 13.1 Å². The summed E-state index contributed by atoms with van der Waals surface area (Å²) in [4.78, 5) is 26.2. The first-order valence-electron chi connectivity index (χ1n) is 8.02. The molecular formula is C18H21N3O3. The van der Waals surface area contributed by atoms with Gasteiger partial charge in [0, 0.05) is 25.7 Å². The third kappa shape index (κ3) is 2.79. The van der Waals surface area contributed by atoms with Gasteiger partial charge in [0.25, 0.3) is 5.91 Å². The van der Waals surface area contributed by atoms with E-state index in [1.165, 1.54) is 0 Å². The molecule has 1 atom stereocenters. The van der Waals surface area contributed by atoms with Crippen molar-refractivity contribution < 1.29 is 14.7 Å². The van der Waals surface area contributed by atoms with E-state index in [2.05, 4.69) is 5.10 Å². The Bertz CT molecular complexity index is 769. The van der Waals surface area contributed by atoms with Gasteiger partial charge in [0.15, 0.2) is 0 Å². The number of likely N-dealkylation sites (tertiary alicyclic amines) is 1. The second kappa shape index (κ2) is 6.11. The molecule has 2 heterocycles. The van der Waals surface area contributed by atoms with Crippen molar-refractivity contribution in [3.63, 3.8) is 0 Å². The standard InChI is InChI=1S/C18H21N3O3/c1-18(17(23)24)9-6-10-21(12-18)16(22)14-11-19-20(2)15(14)13-7-4-3-5-8-13/h3-5,7-8,11H,6,9-10,12H2,1-2H3,(H,23,24). The van der Waals surface area contributed by atoms with Crippen LogP contribution in [0.15, 0.2) is 36.5 Å². The number of hydrogen-bond donors (Lipinski definition) is 1. The van der Waals surface area contributed by atoms with E-state index in [0.717, 1.165) is 11.3 Å². The Balaban J connectivity index is 1.93. The Morgan fingerprint density at radius 2 is 1.96 bits per heavy atom. The van der Waals surface area contributed by atoms with Crippen LogP contribution in [0, 0.1) is 5.41 Å². The first-order valence-corrected chi connectivity index (χ1v) is 8.02. The van der Waals surface area contributed by atoms with Gasteiger partial charge in [0.1, 0.15) is 0 Å². The first kappa shape index (κ1) is 16.2. The minimum atomic E-state index is -0.886. The van der Waals surface area contributed by atoms with Crippen LogP contribution in [-0.2, 0) is 11.8 Å². The maximum atomic E-state index is 13.0. The van der Waals surface area contributed by atoms with Crippen LogP contribution < -0.4 is 0 Å². The number of hydrogen-bond acceptors (Lipinski definition) is 3. The zero-order valence-corrected chi connectivity index (χ0v) is 13.9. The Labute approximate surface area is 140 Å². The van der Waals surface area contributed by atoms with Crippen molar-refractivity contribution in [1.82, 2.24) is 14.7 Å². The summed E-state index contributed by atoms with van der Waals surface area (Å²) in [5.74, 6) is -1.01. The Hall–Kier alpha value is -2.63. The number of aromatic nitrogens is 2. The largest absolute Gasteiger partial charge is 0.481 e. The highest BCUT2D eigenvalue weighted by Gasteiger charge is 2.40. The van der Waals surface area contributed by atoms with Crippen LogP contribution in [0.3, 0.4) is 0 Å².